The van der Waals surface area contributed by atoms with Crippen molar-refractivity contribution in [2.24, 2.45) is 0 Å². The molecule has 5 rings (SSSR count). The number of carbonyl (C=O) groups excluding carboxylic acids is 2. The van der Waals surface area contributed by atoms with Crippen LogP contribution in [0.2, 0.25) is 5.02 Å². The molecular weight excluding hydrogens is 468 g/mol. The lowest BCUT2D eigenvalue weighted by Gasteiger charge is -2.23. The maximum Gasteiger partial charge on any atom is 0.301 e. The maximum atomic E-state index is 13.4. The van der Waals surface area contributed by atoms with Gasteiger partial charge in [-0.3, -0.25) is 14.5 Å². The van der Waals surface area contributed by atoms with Gasteiger partial charge < -0.3 is 5.11 Å². The Kier molecular flexibility index (Phi) is 5.71. The molecule has 1 aliphatic heterocycles. The molecule has 0 saturated carbocycles. The van der Waals surface area contributed by atoms with Crippen molar-refractivity contribution in [1.82, 2.24) is 4.98 Å². The molecule has 4 aromatic rings. The lowest BCUT2D eigenvalue weighted by Crippen LogP contribution is -2.29. The zero-order valence-electron chi connectivity index (χ0n) is 18.6. The molecule has 1 aromatic heterocycles. The number of aryl methyl sites for hydroxylation is 2. The lowest BCUT2D eigenvalue weighted by atomic mass is 9.94. The predicted molar refractivity (Wildman–Crippen MR) is 136 cm³/mol. The fraction of sp³-hybridized carbons (Fsp3) is 0.148. The highest BCUT2D eigenvalue weighted by atomic mass is 35.5. The minimum absolute atomic E-state index is 0.0198. The average molecular weight is 489 g/mol. The highest BCUT2D eigenvalue weighted by Crippen LogP contribution is 2.44. The van der Waals surface area contributed by atoms with Crippen LogP contribution < -0.4 is 4.90 Å². The van der Waals surface area contributed by atoms with Gasteiger partial charge in [0.1, 0.15) is 5.76 Å². The van der Waals surface area contributed by atoms with Gasteiger partial charge in [0, 0.05) is 10.6 Å². The predicted octanol–water partition coefficient (Wildman–Crippen LogP) is 6.45. The van der Waals surface area contributed by atoms with Gasteiger partial charge in [0.2, 0.25) is 0 Å². The second kappa shape index (κ2) is 8.70. The molecule has 1 aliphatic rings. The largest absolute Gasteiger partial charge is 0.507 e. The van der Waals surface area contributed by atoms with Crippen LogP contribution in [0.1, 0.15) is 35.2 Å². The van der Waals surface area contributed by atoms with Crippen molar-refractivity contribution in [1.29, 1.82) is 0 Å². The van der Waals surface area contributed by atoms with Crippen LogP contribution in [0.15, 0.2) is 72.3 Å². The van der Waals surface area contributed by atoms with Gasteiger partial charge in [0.05, 0.1) is 21.8 Å². The Morgan fingerprint density at radius 2 is 1.88 bits per heavy atom. The molecule has 1 fully saturated rings. The van der Waals surface area contributed by atoms with Gasteiger partial charge in [-0.05, 0) is 48.7 Å². The number of carbonyl (C=O) groups is 2. The lowest BCUT2D eigenvalue weighted by molar-refractivity contribution is -0.132. The molecule has 1 unspecified atom stereocenters. The van der Waals surface area contributed by atoms with Crippen molar-refractivity contribution in [3.63, 3.8) is 0 Å². The highest BCUT2D eigenvalue weighted by Gasteiger charge is 2.48. The number of anilines is 1. The number of aromatic nitrogens is 1. The molecule has 5 nitrogen and oxygen atoms in total. The van der Waals surface area contributed by atoms with Crippen molar-refractivity contribution >= 4 is 55.7 Å². The van der Waals surface area contributed by atoms with Crippen molar-refractivity contribution in [3.8, 4) is 0 Å². The second-order valence-corrected chi connectivity index (χ2v) is 9.69. The Morgan fingerprint density at radius 1 is 1.09 bits per heavy atom. The zero-order chi connectivity index (χ0) is 24.0. The van der Waals surface area contributed by atoms with Crippen LogP contribution in [0, 0.1) is 6.92 Å². The number of ketones is 1. The normalized spacial score (nSPS) is 17.6. The van der Waals surface area contributed by atoms with E-state index >= 15 is 0 Å². The quantitative estimate of drug-likeness (QED) is 0.204. The van der Waals surface area contributed by atoms with E-state index in [0.29, 0.717) is 15.7 Å². The van der Waals surface area contributed by atoms with Crippen LogP contribution in [0.25, 0.3) is 16.0 Å². The first-order valence-corrected chi connectivity index (χ1v) is 12.1. The van der Waals surface area contributed by atoms with E-state index in [2.05, 4.69) is 18.0 Å². The fourth-order valence-electron chi connectivity index (χ4n) is 4.26. The summed E-state index contributed by atoms with van der Waals surface area (Å²) in [6.07, 6.45) is 0.886. The summed E-state index contributed by atoms with van der Waals surface area (Å²) in [5.74, 6) is -1.73. The molecule has 2 heterocycles. The van der Waals surface area contributed by atoms with E-state index in [1.165, 1.54) is 21.8 Å². The summed E-state index contributed by atoms with van der Waals surface area (Å²) in [4.78, 5) is 32.8. The maximum absolute atomic E-state index is 13.4. The summed E-state index contributed by atoms with van der Waals surface area (Å²) in [6, 6.07) is 19.4. The number of Topliss-reactive ketones (excluding diaryl/α,β-unsaturated/α-hetero) is 1. The molecule has 7 heteroatoms. The molecule has 1 N–H and O–H groups in total. The van der Waals surface area contributed by atoms with Crippen molar-refractivity contribution in [2.45, 2.75) is 26.3 Å². The Morgan fingerprint density at radius 3 is 2.62 bits per heavy atom. The van der Waals surface area contributed by atoms with Crippen LogP contribution in [-0.4, -0.2) is 21.8 Å². The van der Waals surface area contributed by atoms with E-state index in [4.69, 9.17) is 11.6 Å². The molecule has 0 radical (unpaired) electrons. The molecule has 1 saturated heterocycles. The number of fused-ring (bicyclic) bond motifs is 1. The number of aliphatic hydroxyl groups is 1. The van der Waals surface area contributed by atoms with Crippen LogP contribution in [0.5, 0.6) is 0 Å². The van der Waals surface area contributed by atoms with Crippen molar-refractivity contribution in [2.75, 3.05) is 4.90 Å². The number of hydrogen-bond donors (Lipinski definition) is 1. The number of aliphatic hydroxyl groups excluding tert-OH is 1. The van der Waals surface area contributed by atoms with Gasteiger partial charge in [0.15, 0.2) is 5.13 Å². The molecule has 1 atom stereocenters. The summed E-state index contributed by atoms with van der Waals surface area (Å²) >= 11 is 7.49. The minimum atomic E-state index is -0.815. The van der Waals surface area contributed by atoms with E-state index in [-0.39, 0.29) is 11.3 Å². The fourth-order valence-corrected chi connectivity index (χ4v) is 5.50. The number of amides is 1. The molecular formula is C27H21ClN2O3S. The van der Waals surface area contributed by atoms with Crippen LogP contribution in [0.4, 0.5) is 5.13 Å². The molecule has 0 aliphatic carbocycles. The smallest absolute Gasteiger partial charge is 0.301 e. The number of thiazole rings is 1. The van der Waals surface area contributed by atoms with Gasteiger partial charge >= 0.3 is 5.91 Å². The molecule has 34 heavy (non-hydrogen) atoms. The topological polar surface area (TPSA) is 70.5 Å². The van der Waals surface area contributed by atoms with Gasteiger partial charge in [0.25, 0.3) is 5.78 Å². The summed E-state index contributed by atoms with van der Waals surface area (Å²) in [7, 11) is 0. The first-order chi connectivity index (χ1) is 16.4. The SMILES string of the molecule is CCc1ccc2nc(N3C(=O)C(=O)/C(=C(/O)c4cccc(Cl)c4)C3c3cccc(C)c3)sc2c1. The third kappa shape index (κ3) is 3.79. The number of halogens is 1. The van der Waals surface area contributed by atoms with E-state index < -0.39 is 17.7 Å². The average Bonchev–Trinajstić information content (AvgIpc) is 3.36. The van der Waals surface area contributed by atoms with E-state index in [9.17, 15) is 14.7 Å². The molecule has 1 amide bonds. The second-order valence-electron chi connectivity index (χ2n) is 8.25. The monoisotopic (exact) mass is 488 g/mol. The van der Waals surface area contributed by atoms with Crippen LogP contribution >= 0.6 is 22.9 Å². The summed E-state index contributed by atoms with van der Waals surface area (Å²) in [6.45, 7) is 4.02. The van der Waals surface area contributed by atoms with E-state index in [1.807, 2.05) is 43.3 Å². The molecule has 0 spiro atoms. The summed E-state index contributed by atoms with van der Waals surface area (Å²) in [5.41, 5.74) is 4.02. The van der Waals surface area contributed by atoms with Gasteiger partial charge in [-0.15, -0.1) is 0 Å². The zero-order valence-corrected chi connectivity index (χ0v) is 20.2. The van der Waals surface area contributed by atoms with Crippen molar-refractivity contribution in [3.05, 3.63) is 99.6 Å². The van der Waals surface area contributed by atoms with E-state index in [0.717, 1.165) is 27.8 Å². The number of nitrogens with zero attached hydrogens (tertiary/aromatic N) is 2. The number of hydrogen-bond acceptors (Lipinski definition) is 5. The van der Waals surface area contributed by atoms with Crippen molar-refractivity contribution < 1.29 is 14.7 Å². The Hall–Kier alpha value is -3.48. The third-order valence-electron chi connectivity index (χ3n) is 5.96. The van der Waals surface area contributed by atoms with Gasteiger partial charge in [-0.2, -0.15) is 0 Å². The Labute approximate surface area is 205 Å². The highest BCUT2D eigenvalue weighted by molar-refractivity contribution is 7.22. The first-order valence-electron chi connectivity index (χ1n) is 10.9. The van der Waals surface area contributed by atoms with Crippen LogP contribution in [0.3, 0.4) is 0 Å². The summed E-state index contributed by atoms with van der Waals surface area (Å²) < 4.78 is 0.939. The molecule has 0 bridgehead atoms. The first kappa shape index (κ1) is 22.3. The van der Waals surface area contributed by atoms with Gasteiger partial charge in [-0.1, -0.05) is 77.9 Å². The van der Waals surface area contributed by atoms with E-state index in [1.54, 1.807) is 24.3 Å². The van der Waals surface area contributed by atoms with Crippen LogP contribution in [-0.2, 0) is 16.0 Å². The summed E-state index contributed by atoms with van der Waals surface area (Å²) in [5, 5.41) is 12.0. The minimum Gasteiger partial charge on any atom is -0.507 e. The Balaban J connectivity index is 1.73. The third-order valence-corrected chi connectivity index (χ3v) is 7.21. The number of rotatable bonds is 4. The standard InChI is InChI=1S/C27H21ClN2O3S/c1-3-16-10-11-20-21(13-16)34-27(29-20)30-23(17-7-4-6-15(2)12-17)22(25(32)26(30)33)24(31)18-8-5-9-19(28)14-18/h4-14,23,31H,3H2,1-2H3/b24-22+. The number of benzene rings is 3. The van der Waals surface area contributed by atoms with Gasteiger partial charge in [-0.25, -0.2) is 4.98 Å². The molecule has 170 valence electrons. The molecule has 3 aromatic carbocycles. The Bertz CT molecular complexity index is 1490.